The fourth-order valence-corrected chi connectivity index (χ4v) is 13.0. The lowest BCUT2D eigenvalue weighted by Crippen LogP contribution is -2.50. The van der Waals surface area contributed by atoms with Crippen LogP contribution >= 0.6 is 0 Å². The number of rotatable bonds is 19. The van der Waals surface area contributed by atoms with Crippen LogP contribution < -0.4 is 4.74 Å². The molecule has 1 aliphatic heterocycles. The van der Waals surface area contributed by atoms with E-state index in [2.05, 4.69) is 50.9 Å². The first-order chi connectivity index (χ1) is 19.1. The van der Waals surface area contributed by atoms with Gasteiger partial charge in [-0.2, -0.15) is 5.26 Å². The average Bonchev–Trinajstić information content (AvgIpc) is 2.89. The molecule has 0 aliphatic carbocycles. The molecule has 1 heterocycles. The Bertz CT molecular complexity index is 1040. The maximum Gasteiger partial charge on any atom is 0.173 e. The van der Waals surface area contributed by atoms with Gasteiger partial charge in [-0.25, -0.2) is 0 Å². The SMILES string of the molecule is C[Si](C)(C)O[Si](C)(C)CCCOCC1(COCCCCCCOc2ccc(-c3ccc(C#N)cc3)cc2)COC1. The molecule has 0 unspecified atom stereocenters. The zero-order valence-corrected chi connectivity index (χ0v) is 27.3. The molecule has 0 saturated carbocycles. The zero-order valence-electron chi connectivity index (χ0n) is 25.3. The summed E-state index contributed by atoms with van der Waals surface area (Å²) in [6.07, 6.45) is 5.43. The van der Waals surface area contributed by atoms with Gasteiger partial charge >= 0.3 is 0 Å². The first kappa shape index (κ1) is 32.5. The molecule has 220 valence electrons. The van der Waals surface area contributed by atoms with Crippen molar-refractivity contribution < 1.29 is 23.1 Å². The number of hydrogen-bond acceptors (Lipinski definition) is 6. The van der Waals surface area contributed by atoms with Gasteiger partial charge in [0.25, 0.3) is 0 Å². The van der Waals surface area contributed by atoms with Crippen LogP contribution in [0.15, 0.2) is 48.5 Å². The van der Waals surface area contributed by atoms with E-state index >= 15 is 0 Å². The van der Waals surface area contributed by atoms with Crippen LogP contribution in [0.2, 0.25) is 38.8 Å². The van der Waals surface area contributed by atoms with Gasteiger partial charge in [0.2, 0.25) is 0 Å². The van der Waals surface area contributed by atoms with Gasteiger partial charge in [-0.15, -0.1) is 0 Å². The topological polar surface area (TPSA) is 69.9 Å². The highest BCUT2D eigenvalue weighted by atomic mass is 28.4. The third-order valence-electron chi connectivity index (χ3n) is 6.94. The van der Waals surface area contributed by atoms with Crippen molar-refractivity contribution in [1.82, 2.24) is 0 Å². The van der Waals surface area contributed by atoms with Gasteiger partial charge in [-0.05, 0) is 99.9 Å². The first-order valence-electron chi connectivity index (χ1n) is 14.8. The largest absolute Gasteiger partial charge is 0.494 e. The second-order valence-corrected chi connectivity index (χ2v) is 21.7. The molecule has 0 aromatic heterocycles. The summed E-state index contributed by atoms with van der Waals surface area (Å²) in [5, 5.41) is 8.95. The molecule has 0 bridgehead atoms. The zero-order chi connectivity index (χ0) is 28.9. The number of ether oxygens (including phenoxy) is 4. The molecular weight excluding hydrogens is 535 g/mol. The van der Waals surface area contributed by atoms with E-state index in [9.17, 15) is 0 Å². The Labute approximate surface area is 244 Å². The quantitative estimate of drug-likeness (QED) is 0.125. The fraction of sp³-hybridized carbons (Fsp3) is 0.594. The van der Waals surface area contributed by atoms with Crippen LogP contribution in [-0.2, 0) is 18.3 Å². The Hall–Kier alpha value is -2.00. The standard InChI is InChI=1S/C32H49NO5Si2/c1-39(2,3)38-40(4,5)22-10-20-35-25-32(26-36-27-32)24-34-19-8-6-7-9-21-37-31-17-15-30(16-18-31)29-13-11-28(23-33)12-14-29/h11-18H,6-10,19-22,24-27H2,1-5H3. The van der Waals surface area contributed by atoms with Gasteiger partial charge in [-0.1, -0.05) is 30.7 Å². The van der Waals surface area contributed by atoms with Crippen LogP contribution in [0.5, 0.6) is 5.75 Å². The third kappa shape index (κ3) is 11.9. The number of nitrogens with zero attached hydrogens (tertiary/aromatic N) is 1. The summed E-state index contributed by atoms with van der Waals surface area (Å²) in [5.74, 6) is 0.890. The third-order valence-corrected chi connectivity index (χ3v) is 13.2. The second kappa shape index (κ2) is 15.9. The minimum Gasteiger partial charge on any atom is -0.494 e. The Kier molecular flexibility index (Phi) is 12.9. The van der Waals surface area contributed by atoms with Crippen LogP contribution in [-0.4, -0.2) is 62.9 Å². The summed E-state index contributed by atoms with van der Waals surface area (Å²) in [6, 6.07) is 19.1. The molecule has 2 aromatic rings. The van der Waals surface area contributed by atoms with Gasteiger partial charge < -0.3 is 23.1 Å². The average molecular weight is 584 g/mol. The molecule has 6 nitrogen and oxygen atoms in total. The van der Waals surface area contributed by atoms with Crippen molar-refractivity contribution in [2.24, 2.45) is 5.41 Å². The summed E-state index contributed by atoms with van der Waals surface area (Å²) in [5.41, 5.74) is 2.92. The molecule has 0 amide bonds. The normalized spacial score (nSPS) is 14.9. The van der Waals surface area contributed by atoms with Crippen molar-refractivity contribution in [3.8, 4) is 22.9 Å². The number of benzene rings is 2. The maximum absolute atomic E-state index is 8.95. The summed E-state index contributed by atoms with van der Waals surface area (Å²) < 4.78 is 29.9. The predicted octanol–water partition coefficient (Wildman–Crippen LogP) is 7.66. The summed E-state index contributed by atoms with van der Waals surface area (Å²) >= 11 is 0. The minimum absolute atomic E-state index is 0.0330. The lowest BCUT2D eigenvalue weighted by atomic mass is 9.88. The lowest BCUT2D eigenvalue weighted by molar-refractivity contribution is -0.177. The summed E-state index contributed by atoms with van der Waals surface area (Å²) in [7, 11) is -3.06. The highest BCUT2D eigenvalue weighted by molar-refractivity contribution is 6.84. The van der Waals surface area contributed by atoms with Gasteiger partial charge in [-0.3, -0.25) is 0 Å². The highest BCUT2D eigenvalue weighted by Gasteiger charge is 2.39. The van der Waals surface area contributed by atoms with Gasteiger partial charge in [0.05, 0.1) is 50.1 Å². The van der Waals surface area contributed by atoms with Gasteiger partial charge in [0.15, 0.2) is 16.6 Å². The molecule has 0 spiro atoms. The molecule has 1 aliphatic rings. The van der Waals surface area contributed by atoms with E-state index in [1.54, 1.807) is 0 Å². The van der Waals surface area contributed by atoms with Crippen LogP contribution in [0, 0.1) is 16.7 Å². The van der Waals surface area contributed by atoms with Crippen molar-refractivity contribution in [3.05, 3.63) is 54.1 Å². The Morgan fingerprint density at radius 3 is 1.82 bits per heavy atom. The van der Waals surface area contributed by atoms with Crippen molar-refractivity contribution in [1.29, 1.82) is 5.26 Å². The van der Waals surface area contributed by atoms with Crippen molar-refractivity contribution in [2.75, 3.05) is 46.2 Å². The van der Waals surface area contributed by atoms with Crippen molar-refractivity contribution in [2.45, 2.75) is 70.9 Å². The van der Waals surface area contributed by atoms with E-state index in [-0.39, 0.29) is 5.41 Å². The molecule has 1 fully saturated rings. The molecule has 0 radical (unpaired) electrons. The number of unbranched alkanes of at least 4 members (excludes halogenated alkanes) is 3. The number of nitriles is 1. The molecule has 40 heavy (non-hydrogen) atoms. The van der Waals surface area contributed by atoms with E-state index in [0.29, 0.717) is 12.2 Å². The van der Waals surface area contributed by atoms with Crippen molar-refractivity contribution in [3.63, 3.8) is 0 Å². The van der Waals surface area contributed by atoms with Crippen LogP contribution in [0.25, 0.3) is 11.1 Å². The summed E-state index contributed by atoms with van der Waals surface area (Å²) in [6.45, 7) is 16.7. The maximum atomic E-state index is 8.95. The summed E-state index contributed by atoms with van der Waals surface area (Å²) in [4.78, 5) is 0. The minimum atomic E-state index is -1.59. The molecule has 0 atom stereocenters. The Balaban J connectivity index is 1.19. The molecule has 1 saturated heterocycles. The van der Waals surface area contributed by atoms with Gasteiger partial charge in [0.1, 0.15) is 5.75 Å². The predicted molar refractivity (Wildman–Crippen MR) is 167 cm³/mol. The van der Waals surface area contributed by atoms with Crippen LogP contribution in [0.3, 0.4) is 0 Å². The molecule has 0 N–H and O–H groups in total. The van der Waals surface area contributed by atoms with E-state index < -0.39 is 16.6 Å². The Morgan fingerprint density at radius 1 is 0.750 bits per heavy atom. The highest BCUT2D eigenvalue weighted by Crippen LogP contribution is 2.29. The second-order valence-electron chi connectivity index (χ2n) is 12.7. The fourth-order valence-electron chi connectivity index (χ4n) is 4.99. The van der Waals surface area contributed by atoms with Gasteiger partial charge in [0, 0.05) is 13.2 Å². The lowest BCUT2D eigenvalue weighted by Gasteiger charge is -2.40. The molecule has 3 rings (SSSR count). The van der Waals surface area contributed by atoms with E-state index in [1.807, 2.05) is 36.4 Å². The van der Waals surface area contributed by atoms with Crippen LogP contribution in [0.4, 0.5) is 0 Å². The van der Waals surface area contributed by atoms with E-state index in [0.717, 1.165) is 94.7 Å². The van der Waals surface area contributed by atoms with Crippen molar-refractivity contribution >= 4 is 16.6 Å². The Morgan fingerprint density at radius 2 is 1.30 bits per heavy atom. The van der Waals surface area contributed by atoms with Crippen LogP contribution in [0.1, 0.15) is 37.7 Å². The first-order valence-corrected chi connectivity index (χ1v) is 21.3. The molecule has 2 aromatic carbocycles. The smallest absolute Gasteiger partial charge is 0.173 e. The monoisotopic (exact) mass is 583 g/mol. The van der Waals surface area contributed by atoms with E-state index in [1.165, 1.54) is 0 Å². The molecule has 8 heteroatoms. The van der Waals surface area contributed by atoms with E-state index in [4.69, 9.17) is 28.3 Å². The number of hydrogen-bond donors (Lipinski definition) is 0. The molecular formula is C32H49NO5Si2.